The number of rotatable bonds is 4. The Hall–Kier alpha value is -2.85. The second-order valence-electron chi connectivity index (χ2n) is 5.74. The van der Waals surface area contributed by atoms with Crippen molar-refractivity contribution >= 4 is 22.6 Å². The molecule has 1 heterocycles. The highest BCUT2D eigenvalue weighted by atomic mass is 32.2. The number of hydrogen-bond acceptors (Lipinski definition) is 4. The summed E-state index contributed by atoms with van der Waals surface area (Å²) >= 11 is 1.46. The number of benzene rings is 3. The van der Waals surface area contributed by atoms with Crippen molar-refractivity contribution in [1.29, 1.82) is 0 Å². The second kappa shape index (κ2) is 6.57. The number of Topliss-reactive ketones (excluding diaryl/α,β-unsaturated/α-hetero) is 1. The normalized spacial score (nSPS) is 19.1. The van der Waals surface area contributed by atoms with E-state index in [-0.39, 0.29) is 5.78 Å². The van der Waals surface area contributed by atoms with Gasteiger partial charge >= 0.3 is 0 Å². The van der Waals surface area contributed by atoms with Crippen LogP contribution < -0.4 is 5.43 Å². The van der Waals surface area contributed by atoms with Crippen molar-refractivity contribution in [2.45, 2.75) is 4.87 Å². The maximum absolute atomic E-state index is 13.4. The van der Waals surface area contributed by atoms with Crippen LogP contribution in [-0.2, 0) is 4.87 Å². The fraction of sp³-hybridized carbons (Fsp3) is 0.0476. The Morgan fingerprint density at radius 2 is 1.36 bits per heavy atom. The summed E-state index contributed by atoms with van der Waals surface area (Å²) in [7, 11) is 0. The third kappa shape index (κ3) is 2.85. The lowest BCUT2D eigenvalue weighted by Gasteiger charge is -2.27. The summed E-state index contributed by atoms with van der Waals surface area (Å²) < 4.78 is 0. The molecule has 0 amide bonds. The first-order chi connectivity index (χ1) is 12.3. The molecule has 4 heteroatoms. The quantitative estimate of drug-likeness (QED) is 0.712. The number of thioether (sulfide) groups is 1. The molecule has 3 nitrogen and oxygen atoms in total. The molecule has 0 aromatic heterocycles. The van der Waals surface area contributed by atoms with E-state index < -0.39 is 4.87 Å². The Morgan fingerprint density at radius 3 is 2.00 bits per heavy atom. The molecule has 0 saturated carbocycles. The third-order valence-electron chi connectivity index (χ3n) is 4.12. The summed E-state index contributed by atoms with van der Waals surface area (Å²) in [5.41, 5.74) is 5.69. The van der Waals surface area contributed by atoms with E-state index in [2.05, 4.69) is 10.5 Å². The number of hydrazone groups is 1. The van der Waals surface area contributed by atoms with Gasteiger partial charge in [0.1, 0.15) is 5.04 Å². The zero-order valence-electron chi connectivity index (χ0n) is 13.4. The molecule has 25 heavy (non-hydrogen) atoms. The van der Waals surface area contributed by atoms with Gasteiger partial charge in [-0.2, -0.15) is 5.10 Å². The molecule has 0 saturated heterocycles. The molecule has 122 valence electrons. The van der Waals surface area contributed by atoms with Gasteiger partial charge in [-0.15, -0.1) is 0 Å². The van der Waals surface area contributed by atoms with Gasteiger partial charge in [-0.25, -0.2) is 0 Å². The molecular formula is C21H16N2OS. The average molecular weight is 344 g/mol. The Balaban J connectivity index is 1.76. The number of nitrogens with one attached hydrogen (secondary N) is 1. The van der Waals surface area contributed by atoms with Crippen LogP contribution in [0.1, 0.15) is 21.5 Å². The van der Waals surface area contributed by atoms with Gasteiger partial charge in [-0.05, 0) is 5.56 Å². The molecule has 1 aliphatic heterocycles. The fourth-order valence-corrected chi connectivity index (χ4v) is 4.03. The molecular weight excluding hydrogens is 328 g/mol. The average Bonchev–Trinajstić information content (AvgIpc) is 3.16. The van der Waals surface area contributed by atoms with Crippen LogP contribution in [0.4, 0.5) is 0 Å². The Kier molecular flexibility index (Phi) is 4.12. The van der Waals surface area contributed by atoms with Gasteiger partial charge in [-0.1, -0.05) is 103 Å². The van der Waals surface area contributed by atoms with Gasteiger partial charge in [0.15, 0.2) is 4.87 Å². The highest BCUT2D eigenvalue weighted by Gasteiger charge is 2.46. The number of nitrogens with zero attached hydrogens (tertiary/aromatic N) is 1. The predicted molar refractivity (Wildman–Crippen MR) is 103 cm³/mol. The minimum absolute atomic E-state index is 0.000943. The van der Waals surface area contributed by atoms with Crippen molar-refractivity contribution in [3.05, 3.63) is 108 Å². The molecule has 1 atom stereocenters. The highest BCUT2D eigenvalue weighted by molar-refractivity contribution is 8.16. The molecule has 1 aliphatic rings. The molecule has 4 rings (SSSR count). The van der Waals surface area contributed by atoms with Gasteiger partial charge in [0.05, 0.1) is 0 Å². The zero-order valence-corrected chi connectivity index (χ0v) is 14.2. The van der Waals surface area contributed by atoms with E-state index in [1.165, 1.54) is 11.8 Å². The number of ketones is 1. The Morgan fingerprint density at radius 1 is 0.800 bits per heavy atom. The molecule has 1 unspecified atom stereocenters. The summed E-state index contributed by atoms with van der Waals surface area (Å²) in [6.45, 7) is 0. The van der Waals surface area contributed by atoms with E-state index in [1.807, 2.05) is 91.0 Å². The van der Waals surface area contributed by atoms with Gasteiger partial charge in [0.25, 0.3) is 0 Å². The summed E-state index contributed by atoms with van der Waals surface area (Å²) in [6, 6.07) is 29.0. The van der Waals surface area contributed by atoms with Crippen molar-refractivity contribution in [1.82, 2.24) is 5.43 Å². The first-order valence-electron chi connectivity index (χ1n) is 8.04. The van der Waals surface area contributed by atoms with Crippen molar-refractivity contribution in [2.75, 3.05) is 0 Å². The fourth-order valence-electron chi connectivity index (χ4n) is 2.84. The van der Waals surface area contributed by atoms with E-state index in [0.717, 1.165) is 16.2 Å². The highest BCUT2D eigenvalue weighted by Crippen LogP contribution is 2.42. The van der Waals surface area contributed by atoms with Crippen molar-refractivity contribution < 1.29 is 4.79 Å². The van der Waals surface area contributed by atoms with Gasteiger partial charge in [-0.3, -0.25) is 10.2 Å². The third-order valence-corrected chi connectivity index (χ3v) is 5.46. The van der Waals surface area contributed by atoms with Crippen LogP contribution in [0.15, 0.2) is 96.1 Å². The lowest BCUT2D eigenvalue weighted by molar-refractivity contribution is 0.0925. The van der Waals surface area contributed by atoms with E-state index in [4.69, 9.17) is 0 Å². The molecule has 0 fully saturated rings. The lowest BCUT2D eigenvalue weighted by atomic mass is 9.97. The molecule has 0 radical (unpaired) electrons. The van der Waals surface area contributed by atoms with Gasteiger partial charge in [0.2, 0.25) is 5.78 Å². The van der Waals surface area contributed by atoms with Crippen LogP contribution in [0.5, 0.6) is 0 Å². The lowest BCUT2D eigenvalue weighted by Crippen LogP contribution is -2.41. The molecule has 3 aromatic carbocycles. The van der Waals surface area contributed by atoms with Crippen molar-refractivity contribution in [2.24, 2.45) is 5.10 Å². The van der Waals surface area contributed by atoms with Crippen LogP contribution in [-0.4, -0.2) is 10.8 Å². The molecule has 0 aliphatic carbocycles. The maximum Gasteiger partial charge on any atom is 0.205 e. The number of carbonyl (C=O) groups is 1. The largest absolute Gasteiger partial charge is 0.290 e. The van der Waals surface area contributed by atoms with Gasteiger partial charge in [0, 0.05) is 11.1 Å². The number of hydrogen-bond donors (Lipinski definition) is 1. The first kappa shape index (κ1) is 15.7. The monoisotopic (exact) mass is 344 g/mol. The van der Waals surface area contributed by atoms with E-state index in [1.54, 1.807) is 0 Å². The van der Waals surface area contributed by atoms with Crippen molar-refractivity contribution in [3.8, 4) is 0 Å². The van der Waals surface area contributed by atoms with Crippen molar-refractivity contribution in [3.63, 3.8) is 0 Å². The molecule has 1 N–H and O–H groups in total. The molecule has 0 spiro atoms. The molecule has 0 bridgehead atoms. The SMILES string of the molecule is O=C(c1ccccc1)C1(c2ccccc2)NN=C(c2ccccc2)S1. The van der Waals surface area contributed by atoms with E-state index in [9.17, 15) is 4.79 Å². The van der Waals surface area contributed by atoms with Crippen LogP contribution in [0.3, 0.4) is 0 Å². The van der Waals surface area contributed by atoms with Gasteiger partial charge < -0.3 is 0 Å². The maximum atomic E-state index is 13.4. The minimum Gasteiger partial charge on any atom is -0.290 e. The first-order valence-corrected chi connectivity index (χ1v) is 8.86. The zero-order chi connectivity index (χ0) is 17.1. The topological polar surface area (TPSA) is 41.5 Å². The van der Waals surface area contributed by atoms with Crippen LogP contribution >= 0.6 is 11.8 Å². The van der Waals surface area contributed by atoms with Crippen LogP contribution in [0.25, 0.3) is 0 Å². The number of carbonyl (C=O) groups excluding carboxylic acids is 1. The summed E-state index contributed by atoms with van der Waals surface area (Å²) in [4.78, 5) is 12.4. The summed E-state index contributed by atoms with van der Waals surface area (Å²) in [5.74, 6) is -0.000943. The smallest absolute Gasteiger partial charge is 0.205 e. The minimum atomic E-state index is -0.951. The summed E-state index contributed by atoms with van der Waals surface area (Å²) in [5, 5.41) is 5.30. The van der Waals surface area contributed by atoms with Crippen LogP contribution in [0, 0.1) is 0 Å². The Bertz CT molecular complexity index is 910. The van der Waals surface area contributed by atoms with E-state index in [0.29, 0.717) is 5.56 Å². The molecule has 3 aromatic rings. The Labute approximate surface area is 150 Å². The van der Waals surface area contributed by atoms with E-state index >= 15 is 0 Å². The second-order valence-corrected chi connectivity index (χ2v) is 6.94. The predicted octanol–water partition coefficient (Wildman–Crippen LogP) is 4.42. The summed E-state index contributed by atoms with van der Waals surface area (Å²) in [6.07, 6.45) is 0. The standard InChI is InChI=1S/C21H16N2OS/c24-19(16-10-4-1-5-11-16)21(18-14-8-3-9-15-18)23-22-20(25-21)17-12-6-2-7-13-17/h1-15,23H. The van der Waals surface area contributed by atoms with Crippen LogP contribution in [0.2, 0.25) is 0 Å².